The van der Waals surface area contributed by atoms with E-state index in [0.717, 1.165) is 12.1 Å². The van der Waals surface area contributed by atoms with Crippen LogP contribution in [0.25, 0.3) is 0 Å². The van der Waals surface area contributed by atoms with Crippen molar-refractivity contribution in [1.82, 2.24) is 0 Å². The first-order chi connectivity index (χ1) is 6.74. The molecule has 1 aliphatic rings. The van der Waals surface area contributed by atoms with E-state index in [4.69, 9.17) is 5.11 Å². The third-order valence-electron chi connectivity index (χ3n) is 2.61. The Kier molecular flexibility index (Phi) is 2.25. The van der Waals surface area contributed by atoms with Crippen LogP contribution in [-0.2, 0) is 11.2 Å². The van der Waals surface area contributed by atoms with Crippen LogP contribution >= 0.6 is 0 Å². The van der Waals surface area contributed by atoms with Crippen LogP contribution in [0, 0.1) is 0 Å². The van der Waals surface area contributed by atoms with Crippen LogP contribution in [0.4, 0.5) is 5.69 Å². The van der Waals surface area contributed by atoms with Crippen LogP contribution in [0.1, 0.15) is 12.5 Å². The van der Waals surface area contributed by atoms with Gasteiger partial charge in [-0.15, -0.1) is 0 Å². The van der Waals surface area contributed by atoms with E-state index in [1.807, 2.05) is 31.2 Å². The minimum absolute atomic E-state index is 0.159. The fraction of sp³-hybridized carbons (Fsp3) is 0.364. The highest BCUT2D eigenvalue weighted by atomic mass is 16.3. The Hall–Kier alpha value is -1.35. The Labute approximate surface area is 83.0 Å². The molecule has 0 radical (unpaired) electrons. The molecule has 1 atom stereocenters. The molecule has 3 nitrogen and oxygen atoms in total. The molecule has 1 aliphatic heterocycles. The van der Waals surface area contributed by atoms with Crippen molar-refractivity contribution in [2.45, 2.75) is 19.4 Å². The van der Waals surface area contributed by atoms with Crippen molar-refractivity contribution in [3.8, 4) is 0 Å². The molecule has 0 bridgehead atoms. The molecule has 3 heteroatoms. The summed E-state index contributed by atoms with van der Waals surface area (Å²) in [5.74, 6) is -0.220. The molecule has 74 valence electrons. The summed E-state index contributed by atoms with van der Waals surface area (Å²) in [4.78, 5) is 13.1. The van der Waals surface area contributed by atoms with Gasteiger partial charge in [0.15, 0.2) is 0 Å². The average Bonchev–Trinajstić information content (AvgIpc) is 2.53. The summed E-state index contributed by atoms with van der Waals surface area (Å²) in [7, 11) is 0. The first-order valence-corrected chi connectivity index (χ1v) is 4.75. The summed E-state index contributed by atoms with van der Waals surface area (Å²) in [6, 6.07) is 7.99. The van der Waals surface area contributed by atoms with Gasteiger partial charge in [-0.1, -0.05) is 18.2 Å². The molecule has 0 saturated carbocycles. The molecule has 1 aromatic carbocycles. The molecular weight excluding hydrogens is 178 g/mol. The maximum Gasteiger partial charge on any atom is 0.252 e. The second kappa shape index (κ2) is 3.42. The Balaban J connectivity index is 2.39. The van der Waals surface area contributed by atoms with Gasteiger partial charge >= 0.3 is 0 Å². The molecule has 0 unspecified atom stereocenters. The number of hydrogen-bond acceptors (Lipinski definition) is 2. The number of amides is 1. The van der Waals surface area contributed by atoms with E-state index in [0.29, 0.717) is 0 Å². The molecule has 1 amide bonds. The summed E-state index contributed by atoms with van der Waals surface area (Å²) in [6.45, 7) is 1.58. The topological polar surface area (TPSA) is 40.5 Å². The number of benzene rings is 1. The zero-order valence-electron chi connectivity index (χ0n) is 8.10. The lowest BCUT2D eigenvalue weighted by molar-refractivity contribution is -0.121. The predicted octanol–water partition coefficient (Wildman–Crippen LogP) is 0.957. The van der Waals surface area contributed by atoms with E-state index in [1.54, 1.807) is 4.90 Å². The number of anilines is 1. The van der Waals surface area contributed by atoms with E-state index < -0.39 is 6.61 Å². The molecule has 0 aliphatic carbocycles. The van der Waals surface area contributed by atoms with Crippen LogP contribution < -0.4 is 4.90 Å². The van der Waals surface area contributed by atoms with Crippen LogP contribution in [0.5, 0.6) is 0 Å². The van der Waals surface area contributed by atoms with Gasteiger partial charge < -0.3 is 10.0 Å². The number of hydrogen-bond donors (Lipinski definition) is 1. The van der Waals surface area contributed by atoms with E-state index in [-0.39, 0.29) is 11.9 Å². The van der Waals surface area contributed by atoms with Crippen molar-refractivity contribution < 1.29 is 9.90 Å². The maximum atomic E-state index is 11.5. The first kappa shape index (κ1) is 9.21. The summed E-state index contributed by atoms with van der Waals surface area (Å²) < 4.78 is 0. The van der Waals surface area contributed by atoms with E-state index >= 15 is 0 Å². The smallest absolute Gasteiger partial charge is 0.252 e. The van der Waals surface area contributed by atoms with Gasteiger partial charge in [0.25, 0.3) is 5.91 Å². The zero-order valence-corrected chi connectivity index (χ0v) is 8.10. The lowest BCUT2D eigenvalue weighted by Crippen LogP contribution is -2.37. The van der Waals surface area contributed by atoms with Crippen LogP contribution in [0.3, 0.4) is 0 Å². The van der Waals surface area contributed by atoms with Gasteiger partial charge in [-0.25, -0.2) is 0 Å². The van der Waals surface area contributed by atoms with E-state index in [1.165, 1.54) is 5.56 Å². The minimum atomic E-state index is -0.418. The van der Waals surface area contributed by atoms with Gasteiger partial charge in [-0.2, -0.15) is 0 Å². The normalized spacial score (nSPS) is 19.6. The highest BCUT2D eigenvalue weighted by Gasteiger charge is 2.29. The van der Waals surface area contributed by atoms with Crippen molar-refractivity contribution in [1.29, 1.82) is 0 Å². The second-order valence-corrected chi connectivity index (χ2v) is 3.60. The second-order valence-electron chi connectivity index (χ2n) is 3.60. The van der Waals surface area contributed by atoms with Crippen molar-refractivity contribution in [2.75, 3.05) is 11.5 Å². The third-order valence-corrected chi connectivity index (χ3v) is 2.61. The van der Waals surface area contributed by atoms with Gasteiger partial charge in [-0.05, 0) is 25.0 Å². The number of aliphatic hydroxyl groups is 1. The molecule has 0 fully saturated rings. The molecule has 0 aromatic heterocycles. The molecule has 0 spiro atoms. The number of aliphatic hydroxyl groups excluding tert-OH is 1. The summed E-state index contributed by atoms with van der Waals surface area (Å²) >= 11 is 0. The summed E-state index contributed by atoms with van der Waals surface area (Å²) in [5, 5.41) is 8.85. The zero-order chi connectivity index (χ0) is 10.1. The van der Waals surface area contributed by atoms with Crippen LogP contribution in [-0.4, -0.2) is 23.7 Å². The molecule has 0 saturated heterocycles. The largest absolute Gasteiger partial charge is 0.387 e. The molecule has 1 aromatic rings. The highest BCUT2D eigenvalue weighted by molar-refractivity contribution is 5.96. The van der Waals surface area contributed by atoms with Gasteiger partial charge in [0.2, 0.25) is 0 Å². The SMILES string of the molecule is C[C@@H]1Cc2ccccc2N1C(=O)CO. The van der Waals surface area contributed by atoms with Gasteiger partial charge in [-0.3, -0.25) is 4.79 Å². The molecule has 14 heavy (non-hydrogen) atoms. The molecule has 1 N–H and O–H groups in total. The molecule has 2 rings (SSSR count). The predicted molar refractivity (Wildman–Crippen MR) is 54.2 cm³/mol. The van der Waals surface area contributed by atoms with Gasteiger partial charge in [0.05, 0.1) is 0 Å². The maximum absolute atomic E-state index is 11.5. The lowest BCUT2D eigenvalue weighted by atomic mass is 10.1. The summed E-state index contributed by atoms with van der Waals surface area (Å²) in [5.41, 5.74) is 2.13. The Morgan fingerprint density at radius 2 is 2.29 bits per heavy atom. The van der Waals surface area contributed by atoms with Crippen LogP contribution in [0.15, 0.2) is 24.3 Å². The molecule has 1 heterocycles. The fourth-order valence-electron chi connectivity index (χ4n) is 2.02. The number of rotatable bonds is 1. The number of carbonyl (C=O) groups is 1. The number of fused-ring (bicyclic) bond motifs is 1. The number of nitrogens with zero attached hydrogens (tertiary/aromatic N) is 1. The standard InChI is InChI=1S/C11H13NO2/c1-8-6-9-4-2-3-5-10(9)12(8)11(14)7-13/h2-5,8,13H,6-7H2,1H3/t8-/m1/s1. The van der Waals surface area contributed by atoms with Gasteiger partial charge in [0.1, 0.15) is 6.61 Å². The van der Waals surface area contributed by atoms with Crippen molar-refractivity contribution in [3.05, 3.63) is 29.8 Å². The Morgan fingerprint density at radius 1 is 1.57 bits per heavy atom. The minimum Gasteiger partial charge on any atom is -0.387 e. The summed E-state index contributed by atoms with van der Waals surface area (Å²) in [6.07, 6.45) is 0.877. The van der Waals surface area contributed by atoms with Crippen LogP contribution in [0.2, 0.25) is 0 Å². The van der Waals surface area contributed by atoms with E-state index in [2.05, 4.69) is 0 Å². The van der Waals surface area contributed by atoms with Crippen molar-refractivity contribution >= 4 is 11.6 Å². The van der Waals surface area contributed by atoms with Crippen molar-refractivity contribution in [3.63, 3.8) is 0 Å². The highest BCUT2D eigenvalue weighted by Crippen LogP contribution is 2.31. The number of carbonyl (C=O) groups excluding carboxylic acids is 1. The van der Waals surface area contributed by atoms with E-state index in [9.17, 15) is 4.79 Å². The first-order valence-electron chi connectivity index (χ1n) is 4.75. The van der Waals surface area contributed by atoms with Crippen molar-refractivity contribution in [2.24, 2.45) is 0 Å². The average molecular weight is 191 g/mol. The number of para-hydroxylation sites is 1. The molecular formula is C11H13NO2. The Morgan fingerprint density at radius 3 is 3.00 bits per heavy atom. The van der Waals surface area contributed by atoms with Gasteiger partial charge in [0, 0.05) is 11.7 Å². The fourth-order valence-corrected chi connectivity index (χ4v) is 2.02. The Bertz CT molecular complexity index is 362. The lowest BCUT2D eigenvalue weighted by Gasteiger charge is -2.21. The quantitative estimate of drug-likeness (QED) is 0.718. The third kappa shape index (κ3) is 1.30. The monoisotopic (exact) mass is 191 g/mol.